The number of carbonyl (C=O) groups is 1. The Kier molecular flexibility index (Phi) is 5.66. The Morgan fingerprint density at radius 3 is 2.54 bits per heavy atom. The quantitative estimate of drug-likeness (QED) is 0.840. The van der Waals surface area contributed by atoms with Crippen LogP contribution < -0.4 is 15.1 Å². The first-order valence-corrected chi connectivity index (χ1v) is 8.87. The van der Waals surface area contributed by atoms with Gasteiger partial charge in [-0.25, -0.2) is 0 Å². The highest BCUT2D eigenvalue weighted by Crippen LogP contribution is 2.29. The molecule has 0 atom stereocenters. The minimum Gasteiger partial charge on any atom is -0.347 e. The zero-order chi connectivity index (χ0) is 20.3. The summed E-state index contributed by atoms with van der Waals surface area (Å²) in [5.41, 5.74) is -0.942. The van der Waals surface area contributed by atoms with E-state index in [1.54, 1.807) is 19.0 Å². The number of nitrogens with one attached hydrogen (secondary N) is 1. The lowest BCUT2D eigenvalue weighted by Gasteiger charge is -2.19. The van der Waals surface area contributed by atoms with Gasteiger partial charge in [-0.05, 0) is 31.0 Å². The van der Waals surface area contributed by atoms with E-state index < -0.39 is 17.6 Å². The number of carbonyl (C=O) groups excluding carboxylic acids is 1. The number of rotatable bonds is 5. The fourth-order valence-corrected chi connectivity index (χ4v) is 2.83. The lowest BCUT2D eigenvalue weighted by Crippen LogP contribution is -2.27. The Morgan fingerprint density at radius 2 is 1.89 bits per heavy atom. The number of nitrogens with zero attached hydrogens (tertiary/aromatic N) is 5. The number of alkyl halides is 3. The van der Waals surface area contributed by atoms with Gasteiger partial charge in [-0.15, -0.1) is 0 Å². The second-order valence-corrected chi connectivity index (χ2v) is 6.70. The van der Waals surface area contributed by atoms with E-state index in [2.05, 4.69) is 20.3 Å². The summed E-state index contributed by atoms with van der Waals surface area (Å²) in [5, 5.41) is 2.58. The zero-order valence-corrected chi connectivity index (χ0v) is 15.6. The minimum absolute atomic E-state index is 0.0146. The topological polar surface area (TPSA) is 74.2 Å². The normalized spacial score (nSPS) is 14.2. The monoisotopic (exact) mass is 394 g/mol. The first-order chi connectivity index (χ1) is 13.2. The molecule has 28 heavy (non-hydrogen) atoms. The van der Waals surface area contributed by atoms with Crippen molar-refractivity contribution in [3.8, 4) is 0 Å². The van der Waals surface area contributed by atoms with Gasteiger partial charge in [0.1, 0.15) is 0 Å². The maximum atomic E-state index is 12.8. The Balaban J connectivity index is 1.75. The second-order valence-electron chi connectivity index (χ2n) is 6.70. The Hall–Kier alpha value is -2.91. The van der Waals surface area contributed by atoms with Crippen LogP contribution in [0.1, 0.15) is 34.6 Å². The van der Waals surface area contributed by atoms with E-state index in [9.17, 15) is 18.0 Å². The van der Waals surface area contributed by atoms with E-state index in [0.717, 1.165) is 38.1 Å². The van der Waals surface area contributed by atoms with Crippen LogP contribution in [0.5, 0.6) is 0 Å². The third-order valence-electron chi connectivity index (χ3n) is 4.31. The van der Waals surface area contributed by atoms with Gasteiger partial charge in [-0.1, -0.05) is 6.07 Å². The number of benzene rings is 1. The molecule has 1 N–H and O–H groups in total. The summed E-state index contributed by atoms with van der Waals surface area (Å²) in [5.74, 6) is 0.723. The van der Waals surface area contributed by atoms with Crippen LogP contribution in [0.2, 0.25) is 0 Å². The van der Waals surface area contributed by atoms with Crippen molar-refractivity contribution < 1.29 is 18.0 Å². The van der Waals surface area contributed by atoms with Crippen molar-refractivity contribution in [1.29, 1.82) is 0 Å². The molecular weight excluding hydrogens is 373 g/mol. The molecule has 7 nitrogen and oxygen atoms in total. The maximum absolute atomic E-state index is 12.8. The predicted octanol–water partition coefficient (Wildman–Crippen LogP) is 2.49. The van der Waals surface area contributed by atoms with Gasteiger partial charge in [0.15, 0.2) is 5.82 Å². The van der Waals surface area contributed by atoms with Gasteiger partial charge >= 0.3 is 6.18 Å². The average molecular weight is 394 g/mol. The van der Waals surface area contributed by atoms with E-state index in [1.807, 2.05) is 4.90 Å². The van der Waals surface area contributed by atoms with Crippen molar-refractivity contribution in [2.75, 3.05) is 37.0 Å². The smallest absolute Gasteiger partial charge is 0.347 e. The Bertz CT molecular complexity index is 849. The number of aromatic nitrogens is 3. The summed E-state index contributed by atoms with van der Waals surface area (Å²) in [7, 11) is 3.60. The van der Waals surface area contributed by atoms with Crippen molar-refractivity contribution >= 4 is 17.8 Å². The molecule has 1 aliphatic heterocycles. The summed E-state index contributed by atoms with van der Waals surface area (Å²) in [6, 6.07) is 4.29. The van der Waals surface area contributed by atoms with Crippen LogP contribution in [0.15, 0.2) is 24.3 Å². The molecule has 1 fully saturated rings. The fourth-order valence-electron chi connectivity index (χ4n) is 2.83. The maximum Gasteiger partial charge on any atom is 0.416 e. The van der Waals surface area contributed by atoms with E-state index in [-0.39, 0.29) is 12.1 Å². The first kappa shape index (κ1) is 19.8. The molecule has 1 aromatic carbocycles. The standard InChI is InChI=1S/C18H21F3N6O/c1-26(2)16-23-14(24-17(25-16)27-8-3-4-9-27)11-22-15(28)12-6-5-7-13(10-12)18(19,20)21/h5-7,10H,3-4,8-9,11H2,1-2H3,(H,22,28). The molecule has 2 aromatic rings. The van der Waals surface area contributed by atoms with Gasteiger partial charge in [0.2, 0.25) is 11.9 Å². The molecule has 1 aromatic heterocycles. The van der Waals surface area contributed by atoms with Crippen LogP contribution in [0, 0.1) is 0 Å². The van der Waals surface area contributed by atoms with Gasteiger partial charge in [-0.2, -0.15) is 28.1 Å². The molecule has 10 heteroatoms. The molecule has 0 unspecified atom stereocenters. The summed E-state index contributed by atoms with van der Waals surface area (Å²) in [6.07, 6.45) is -2.38. The molecule has 0 spiro atoms. The number of anilines is 2. The molecule has 150 valence electrons. The number of amides is 1. The van der Waals surface area contributed by atoms with Gasteiger partial charge in [0, 0.05) is 32.7 Å². The second kappa shape index (κ2) is 7.99. The number of hydrogen-bond donors (Lipinski definition) is 1. The van der Waals surface area contributed by atoms with Gasteiger partial charge in [-0.3, -0.25) is 4.79 Å². The largest absolute Gasteiger partial charge is 0.416 e. The van der Waals surface area contributed by atoms with Crippen LogP contribution >= 0.6 is 0 Å². The SMILES string of the molecule is CN(C)c1nc(CNC(=O)c2cccc(C(F)(F)F)c2)nc(N2CCCC2)n1. The highest BCUT2D eigenvalue weighted by atomic mass is 19.4. The highest BCUT2D eigenvalue weighted by Gasteiger charge is 2.30. The summed E-state index contributed by atoms with van der Waals surface area (Å²) in [6.45, 7) is 1.69. The van der Waals surface area contributed by atoms with Crippen molar-refractivity contribution in [2.24, 2.45) is 0 Å². The Morgan fingerprint density at radius 1 is 1.18 bits per heavy atom. The molecule has 1 saturated heterocycles. The fraction of sp³-hybridized carbons (Fsp3) is 0.444. The summed E-state index contributed by atoms with van der Waals surface area (Å²) >= 11 is 0. The Labute approximate surface area is 160 Å². The van der Waals surface area contributed by atoms with Crippen molar-refractivity contribution in [3.05, 3.63) is 41.2 Å². The lowest BCUT2D eigenvalue weighted by molar-refractivity contribution is -0.137. The van der Waals surface area contributed by atoms with Gasteiger partial charge in [0.05, 0.1) is 12.1 Å². The van der Waals surface area contributed by atoms with Crippen LogP contribution in [-0.4, -0.2) is 48.0 Å². The van der Waals surface area contributed by atoms with Crippen molar-refractivity contribution in [3.63, 3.8) is 0 Å². The van der Waals surface area contributed by atoms with Crippen LogP contribution in [0.3, 0.4) is 0 Å². The summed E-state index contributed by atoms with van der Waals surface area (Å²) < 4.78 is 38.5. The van der Waals surface area contributed by atoms with Crippen LogP contribution in [0.25, 0.3) is 0 Å². The average Bonchev–Trinajstić information content (AvgIpc) is 3.20. The lowest BCUT2D eigenvalue weighted by atomic mass is 10.1. The third-order valence-corrected chi connectivity index (χ3v) is 4.31. The van der Waals surface area contributed by atoms with E-state index >= 15 is 0 Å². The van der Waals surface area contributed by atoms with Gasteiger partial charge in [0.25, 0.3) is 5.91 Å². The van der Waals surface area contributed by atoms with Gasteiger partial charge < -0.3 is 15.1 Å². The molecule has 0 bridgehead atoms. The molecule has 0 aliphatic carbocycles. The zero-order valence-electron chi connectivity index (χ0n) is 15.6. The molecule has 2 heterocycles. The van der Waals surface area contributed by atoms with Crippen molar-refractivity contribution in [2.45, 2.75) is 25.6 Å². The number of hydrogen-bond acceptors (Lipinski definition) is 6. The minimum atomic E-state index is -4.50. The molecule has 1 aliphatic rings. The molecule has 1 amide bonds. The summed E-state index contributed by atoms with van der Waals surface area (Å²) in [4.78, 5) is 29.2. The molecule has 3 rings (SSSR count). The third kappa shape index (κ3) is 4.68. The first-order valence-electron chi connectivity index (χ1n) is 8.87. The molecule has 0 radical (unpaired) electrons. The van der Waals surface area contributed by atoms with Crippen molar-refractivity contribution in [1.82, 2.24) is 20.3 Å². The van der Waals surface area contributed by atoms with E-state index in [4.69, 9.17) is 0 Å². The van der Waals surface area contributed by atoms with Crippen LogP contribution in [0.4, 0.5) is 25.1 Å². The molecule has 0 saturated carbocycles. The van der Waals surface area contributed by atoms with Crippen LogP contribution in [-0.2, 0) is 12.7 Å². The highest BCUT2D eigenvalue weighted by molar-refractivity contribution is 5.94. The molecular formula is C18H21F3N6O. The predicted molar refractivity (Wildman–Crippen MR) is 98.2 cm³/mol. The number of halogens is 3. The van der Waals surface area contributed by atoms with E-state index in [1.165, 1.54) is 12.1 Å². The van der Waals surface area contributed by atoms with E-state index in [0.29, 0.717) is 17.7 Å².